The number of hydrogen-bond acceptors (Lipinski definition) is 4. The van der Waals surface area contributed by atoms with E-state index in [9.17, 15) is 0 Å². The molecule has 0 saturated carbocycles. The summed E-state index contributed by atoms with van der Waals surface area (Å²) in [7, 11) is 3.31. The zero-order valence-corrected chi connectivity index (χ0v) is 15.5. The van der Waals surface area contributed by atoms with E-state index in [0.29, 0.717) is 12.5 Å². The van der Waals surface area contributed by atoms with Gasteiger partial charge in [-0.3, -0.25) is 0 Å². The lowest BCUT2D eigenvalue weighted by molar-refractivity contribution is 0.415. The Morgan fingerprint density at radius 2 is 1.54 bits per heavy atom. The van der Waals surface area contributed by atoms with Crippen LogP contribution in [-0.2, 0) is 6.54 Å². The molecule has 0 saturated heterocycles. The van der Waals surface area contributed by atoms with Gasteiger partial charge >= 0.3 is 0 Å². The minimum Gasteiger partial charge on any atom is -0.497 e. The topological polar surface area (TPSA) is 68.9 Å². The summed E-state index contributed by atoms with van der Waals surface area (Å²) >= 11 is 1.70. The molecule has 1 aromatic heterocycles. The molecule has 6 heteroatoms. The number of benzene rings is 2. The van der Waals surface area contributed by atoms with Gasteiger partial charge in [-0.25, -0.2) is 4.99 Å². The number of aliphatic imine (C=N–C) groups is 1. The smallest absolute Gasteiger partial charge is 0.193 e. The van der Waals surface area contributed by atoms with Crippen molar-refractivity contribution >= 4 is 23.0 Å². The van der Waals surface area contributed by atoms with Gasteiger partial charge in [-0.1, -0.05) is 0 Å². The number of nitrogens with zero attached hydrogens (tertiary/aromatic N) is 1. The summed E-state index contributed by atoms with van der Waals surface area (Å²) in [5.41, 5.74) is 8.01. The Morgan fingerprint density at radius 1 is 0.923 bits per heavy atom. The summed E-state index contributed by atoms with van der Waals surface area (Å²) in [5, 5.41) is 3.08. The number of hydrogen-bond donors (Lipinski definition) is 2. The van der Waals surface area contributed by atoms with Gasteiger partial charge < -0.3 is 20.5 Å². The van der Waals surface area contributed by atoms with Crippen molar-refractivity contribution in [3.05, 3.63) is 65.5 Å². The summed E-state index contributed by atoms with van der Waals surface area (Å²) in [6.07, 6.45) is 0. The van der Waals surface area contributed by atoms with Crippen molar-refractivity contribution in [1.82, 2.24) is 0 Å². The molecule has 134 valence electrons. The highest BCUT2D eigenvalue weighted by Gasteiger charge is 2.04. The molecule has 0 amide bonds. The molecule has 0 unspecified atom stereocenters. The van der Waals surface area contributed by atoms with E-state index in [2.05, 4.69) is 34.6 Å². The molecule has 0 aliphatic heterocycles. The molecule has 0 aliphatic carbocycles. The fourth-order valence-electron chi connectivity index (χ4n) is 2.40. The molecular weight excluding hydrogens is 346 g/mol. The Kier molecular flexibility index (Phi) is 5.76. The van der Waals surface area contributed by atoms with Crippen LogP contribution in [0.5, 0.6) is 11.5 Å². The maximum absolute atomic E-state index is 5.97. The molecule has 26 heavy (non-hydrogen) atoms. The lowest BCUT2D eigenvalue weighted by atomic mass is 10.2. The zero-order valence-electron chi connectivity index (χ0n) is 14.7. The predicted molar refractivity (Wildman–Crippen MR) is 108 cm³/mol. The first-order chi connectivity index (χ1) is 12.7. The standard InChI is InChI=1S/C20H21N3O2S/c1-24-16-7-3-14(4-8-16)19-12-11-18(26-19)13-22-20(21)23-15-5-9-17(25-2)10-6-15/h3-12H,13H2,1-2H3,(H3,21,22,23). The lowest BCUT2D eigenvalue weighted by Gasteiger charge is -2.06. The highest BCUT2D eigenvalue weighted by molar-refractivity contribution is 7.15. The zero-order chi connectivity index (χ0) is 18.4. The summed E-state index contributed by atoms with van der Waals surface area (Å²) in [6.45, 7) is 0.538. The van der Waals surface area contributed by atoms with Gasteiger partial charge in [-0.2, -0.15) is 0 Å². The minimum atomic E-state index is 0.384. The van der Waals surface area contributed by atoms with Crippen LogP contribution >= 0.6 is 11.3 Å². The van der Waals surface area contributed by atoms with Gasteiger partial charge in [0.1, 0.15) is 11.5 Å². The van der Waals surface area contributed by atoms with Gasteiger partial charge in [0.05, 0.1) is 20.8 Å². The van der Waals surface area contributed by atoms with Crippen LogP contribution in [0.15, 0.2) is 65.7 Å². The largest absolute Gasteiger partial charge is 0.497 e. The summed E-state index contributed by atoms with van der Waals surface area (Å²) < 4.78 is 10.3. The van der Waals surface area contributed by atoms with E-state index in [4.69, 9.17) is 15.2 Å². The third-order valence-electron chi connectivity index (χ3n) is 3.80. The van der Waals surface area contributed by atoms with E-state index in [0.717, 1.165) is 27.6 Å². The van der Waals surface area contributed by atoms with Crippen LogP contribution in [0.1, 0.15) is 4.88 Å². The van der Waals surface area contributed by atoms with Crippen LogP contribution < -0.4 is 20.5 Å². The second-order valence-corrected chi connectivity index (χ2v) is 6.72. The Bertz CT molecular complexity index is 871. The molecule has 0 bridgehead atoms. The average Bonchev–Trinajstić information content (AvgIpc) is 3.16. The Labute approximate surface area is 157 Å². The predicted octanol–water partition coefficient (Wildman–Crippen LogP) is 4.36. The van der Waals surface area contributed by atoms with Crippen molar-refractivity contribution in [3.63, 3.8) is 0 Å². The number of rotatable bonds is 6. The average molecular weight is 367 g/mol. The highest BCUT2D eigenvalue weighted by Crippen LogP contribution is 2.29. The second kappa shape index (κ2) is 8.40. The van der Waals surface area contributed by atoms with Crippen molar-refractivity contribution in [2.24, 2.45) is 10.7 Å². The SMILES string of the molecule is COc1ccc(NC(N)=NCc2ccc(-c3ccc(OC)cc3)s2)cc1. The van der Waals surface area contributed by atoms with E-state index in [1.807, 2.05) is 36.4 Å². The number of guanidine groups is 1. The summed E-state index contributed by atoms with van der Waals surface area (Å²) in [4.78, 5) is 6.75. The lowest BCUT2D eigenvalue weighted by Crippen LogP contribution is -2.22. The number of nitrogens with one attached hydrogen (secondary N) is 1. The molecule has 0 spiro atoms. The number of ether oxygens (including phenoxy) is 2. The molecule has 0 aliphatic rings. The maximum Gasteiger partial charge on any atom is 0.193 e. The first kappa shape index (κ1) is 17.8. The summed E-state index contributed by atoms with van der Waals surface area (Å²) in [6, 6.07) is 19.7. The normalized spacial score (nSPS) is 11.2. The molecule has 0 radical (unpaired) electrons. The Hall–Kier alpha value is -2.99. The van der Waals surface area contributed by atoms with E-state index in [-0.39, 0.29) is 0 Å². The van der Waals surface area contributed by atoms with Crippen molar-refractivity contribution in [2.45, 2.75) is 6.54 Å². The fraction of sp³-hybridized carbons (Fsp3) is 0.150. The van der Waals surface area contributed by atoms with Crippen molar-refractivity contribution < 1.29 is 9.47 Å². The Morgan fingerprint density at radius 3 is 2.15 bits per heavy atom. The van der Waals surface area contributed by atoms with Crippen LogP contribution in [0.25, 0.3) is 10.4 Å². The fourth-order valence-corrected chi connectivity index (χ4v) is 3.34. The van der Waals surface area contributed by atoms with Crippen LogP contribution in [0, 0.1) is 0 Å². The van der Waals surface area contributed by atoms with Crippen LogP contribution in [0.4, 0.5) is 5.69 Å². The Balaban J connectivity index is 1.61. The molecule has 5 nitrogen and oxygen atoms in total. The molecule has 3 aromatic rings. The van der Waals surface area contributed by atoms with Crippen molar-refractivity contribution in [3.8, 4) is 21.9 Å². The maximum atomic E-state index is 5.97. The number of thiophene rings is 1. The highest BCUT2D eigenvalue weighted by atomic mass is 32.1. The minimum absolute atomic E-state index is 0.384. The summed E-state index contributed by atoms with van der Waals surface area (Å²) in [5.74, 6) is 2.04. The molecule has 0 atom stereocenters. The molecular formula is C20H21N3O2S. The van der Waals surface area contributed by atoms with Gasteiger partial charge in [-0.15, -0.1) is 11.3 Å². The van der Waals surface area contributed by atoms with Crippen LogP contribution in [0.2, 0.25) is 0 Å². The van der Waals surface area contributed by atoms with Gasteiger partial charge in [-0.05, 0) is 66.2 Å². The van der Waals surface area contributed by atoms with Crippen LogP contribution in [0.3, 0.4) is 0 Å². The second-order valence-electron chi connectivity index (χ2n) is 5.55. The first-order valence-electron chi connectivity index (χ1n) is 8.12. The van der Waals surface area contributed by atoms with E-state index < -0.39 is 0 Å². The number of nitrogens with two attached hydrogens (primary N) is 1. The monoisotopic (exact) mass is 367 g/mol. The molecule has 0 fully saturated rings. The number of methoxy groups -OCH3 is 2. The van der Waals surface area contributed by atoms with Gasteiger partial charge in [0.2, 0.25) is 0 Å². The molecule has 2 aromatic carbocycles. The van der Waals surface area contributed by atoms with Crippen LogP contribution in [-0.4, -0.2) is 20.2 Å². The van der Waals surface area contributed by atoms with Crippen molar-refractivity contribution in [1.29, 1.82) is 0 Å². The van der Waals surface area contributed by atoms with Gasteiger partial charge in [0, 0.05) is 15.4 Å². The number of anilines is 1. The molecule has 3 N–H and O–H groups in total. The third kappa shape index (κ3) is 4.55. The van der Waals surface area contributed by atoms with E-state index in [1.54, 1.807) is 25.6 Å². The third-order valence-corrected chi connectivity index (χ3v) is 4.92. The quantitative estimate of drug-likeness (QED) is 0.502. The molecule has 1 heterocycles. The molecule has 3 rings (SSSR count). The first-order valence-corrected chi connectivity index (χ1v) is 8.93. The van der Waals surface area contributed by atoms with Crippen molar-refractivity contribution in [2.75, 3.05) is 19.5 Å². The van der Waals surface area contributed by atoms with Gasteiger partial charge in [0.25, 0.3) is 0 Å². The van der Waals surface area contributed by atoms with E-state index in [1.165, 1.54) is 4.88 Å². The van der Waals surface area contributed by atoms with Gasteiger partial charge in [0.15, 0.2) is 5.96 Å². The van der Waals surface area contributed by atoms with E-state index >= 15 is 0 Å².